The number of benzene rings is 2. The maximum atomic E-state index is 12.8. The highest BCUT2D eigenvalue weighted by Gasteiger charge is 2.24. The summed E-state index contributed by atoms with van der Waals surface area (Å²) in [5, 5.41) is 2.98. The van der Waals surface area contributed by atoms with E-state index in [1.54, 1.807) is 43.2 Å². The number of fused-ring (bicyclic) bond motifs is 2. The number of hydrogen-bond donors (Lipinski definition) is 1. The third-order valence-electron chi connectivity index (χ3n) is 5.66. The van der Waals surface area contributed by atoms with Crippen LogP contribution in [-0.2, 0) is 19.4 Å². The number of amides is 3. The molecule has 3 amide bonds. The van der Waals surface area contributed by atoms with E-state index in [1.807, 2.05) is 18.2 Å². The van der Waals surface area contributed by atoms with Gasteiger partial charge < -0.3 is 24.6 Å². The van der Waals surface area contributed by atoms with E-state index < -0.39 is 0 Å². The van der Waals surface area contributed by atoms with Gasteiger partial charge in [0.2, 0.25) is 0 Å². The van der Waals surface area contributed by atoms with E-state index in [9.17, 15) is 9.59 Å². The average molecular weight is 395 g/mol. The summed E-state index contributed by atoms with van der Waals surface area (Å²) in [4.78, 5) is 28.5. The van der Waals surface area contributed by atoms with Crippen LogP contribution < -0.4 is 14.8 Å². The molecule has 0 aromatic heterocycles. The van der Waals surface area contributed by atoms with Gasteiger partial charge in [-0.05, 0) is 59.9 Å². The Balaban J connectivity index is 1.48. The molecule has 0 saturated heterocycles. The maximum Gasteiger partial charge on any atom is 0.322 e. The predicted molar refractivity (Wildman–Crippen MR) is 110 cm³/mol. The molecule has 2 aliphatic heterocycles. The number of hydrogen-bond acceptors (Lipinski definition) is 4. The number of methoxy groups -OCH3 is 2. The second-order valence-corrected chi connectivity index (χ2v) is 7.43. The van der Waals surface area contributed by atoms with Gasteiger partial charge in [-0.2, -0.15) is 0 Å². The topological polar surface area (TPSA) is 71.1 Å². The molecule has 2 aromatic rings. The molecule has 0 atom stereocenters. The van der Waals surface area contributed by atoms with Gasteiger partial charge in [0, 0.05) is 37.9 Å². The molecule has 0 aliphatic carbocycles. The average Bonchev–Trinajstić information content (AvgIpc) is 2.74. The summed E-state index contributed by atoms with van der Waals surface area (Å²) in [6.07, 6.45) is 1.55. The van der Waals surface area contributed by atoms with Crippen molar-refractivity contribution in [2.45, 2.75) is 19.4 Å². The van der Waals surface area contributed by atoms with Crippen LogP contribution in [0.2, 0.25) is 0 Å². The summed E-state index contributed by atoms with van der Waals surface area (Å²) in [5.41, 5.74) is 4.63. The van der Waals surface area contributed by atoms with Crippen LogP contribution in [0.15, 0.2) is 30.3 Å². The Morgan fingerprint density at radius 2 is 1.66 bits per heavy atom. The van der Waals surface area contributed by atoms with Crippen LogP contribution in [0.4, 0.5) is 10.5 Å². The molecule has 2 aliphatic rings. The van der Waals surface area contributed by atoms with Gasteiger partial charge in [-0.15, -0.1) is 0 Å². The fourth-order valence-corrected chi connectivity index (χ4v) is 3.94. The molecule has 0 bridgehead atoms. The second-order valence-electron chi connectivity index (χ2n) is 7.43. The van der Waals surface area contributed by atoms with Crippen LogP contribution in [0.3, 0.4) is 0 Å². The number of likely N-dealkylation sites (N-methyl/N-ethyl adjacent to an activating group) is 1. The maximum absolute atomic E-state index is 12.8. The molecule has 0 radical (unpaired) electrons. The summed E-state index contributed by atoms with van der Waals surface area (Å²) in [6.45, 7) is 1.83. The van der Waals surface area contributed by atoms with Gasteiger partial charge >= 0.3 is 6.03 Å². The van der Waals surface area contributed by atoms with Gasteiger partial charge in [0.15, 0.2) is 11.5 Å². The van der Waals surface area contributed by atoms with Crippen molar-refractivity contribution >= 4 is 17.6 Å². The number of carbonyl (C=O) groups excluding carboxylic acids is 2. The first-order chi connectivity index (χ1) is 14.0. The Morgan fingerprint density at radius 1 is 0.966 bits per heavy atom. The van der Waals surface area contributed by atoms with Gasteiger partial charge in [0.1, 0.15) is 0 Å². The lowest BCUT2D eigenvalue weighted by molar-refractivity contribution is 0.0781. The van der Waals surface area contributed by atoms with Crippen LogP contribution in [0, 0.1) is 0 Å². The lowest BCUT2D eigenvalue weighted by Crippen LogP contribution is -2.39. The molecule has 1 N–H and O–H groups in total. The van der Waals surface area contributed by atoms with Crippen molar-refractivity contribution in [2.75, 3.05) is 39.7 Å². The first-order valence-electron chi connectivity index (χ1n) is 9.68. The molecule has 29 heavy (non-hydrogen) atoms. The second kappa shape index (κ2) is 7.66. The highest BCUT2D eigenvalue weighted by atomic mass is 16.5. The molecule has 152 valence electrons. The lowest BCUT2D eigenvalue weighted by atomic mass is 9.98. The summed E-state index contributed by atoms with van der Waals surface area (Å²) in [5.74, 6) is 1.40. The quantitative estimate of drug-likeness (QED) is 0.868. The molecule has 4 rings (SSSR count). The zero-order valence-corrected chi connectivity index (χ0v) is 16.9. The van der Waals surface area contributed by atoms with Gasteiger partial charge in [-0.3, -0.25) is 4.79 Å². The van der Waals surface area contributed by atoms with E-state index in [0.29, 0.717) is 42.4 Å². The number of rotatable bonds is 3. The lowest BCUT2D eigenvalue weighted by Gasteiger charge is -2.30. The SMILES string of the molecule is COc1cc2c(cc1OC)CN(C(=O)Nc1ccc3c(c1)CCN(C)C3=O)CC2. The molecule has 7 heteroatoms. The third-order valence-corrected chi connectivity index (χ3v) is 5.66. The summed E-state index contributed by atoms with van der Waals surface area (Å²) < 4.78 is 10.8. The molecule has 7 nitrogen and oxygen atoms in total. The van der Waals surface area contributed by atoms with E-state index in [1.165, 1.54) is 5.56 Å². The standard InChI is InChI=1S/C22H25N3O4/c1-24-8-6-15-10-17(4-5-18(15)21(24)26)23-22(27)25-9-7-14-11-19(28-2)20(29-3)12-16(14)13-25/h4-5,10-12H,6-9,13H2,1-3H3,(H,23,27). The molecule has 0 spiro atoms. The monoisotopic (exact) mass is 395 g/mol. The summed E-state index contributed by atoms with van der Waals surface area (Å²) in [7, 11) is 5.03. The first-order valence-corrected chi connectivity index (χ1v) is 9.68. The fraction of sp³-hybridized carbons (Fsp3) is 0.364. The molecule has 0 fully saturated rings. The van der Waals surface area contributed by atoms with Crippen LogP contribution in [0.25, 0.3) is 0 Å². The molecule has 0 saturated carbocycles. The number of nitrogens with one attached hydrogen (secondary N) is 1. The minimum atomic E-state index is -0.148. The Morgan fingerprint density at radius 3 is 2.38 bits per heavy atom. The third kappa shape index (κ3) is 3.60. The number of carbonyl (C=O) groups is 2. The van der Waals surface area contributed by atoms with Gasteiger partial charge in [-0.25, -0.2) is 4.79 Å². The predicted octanol–water partition coefficient (Wildman–Crippen LogP) is 2.92. The molecule has 2 aromatic carbocycles. The van der Waals surface area contributed by atoms with Crippen molar-refractivity contribution in [2.24, 2.45) is 0 Å². The zero-order valence-electron chi connectivity index (χ0n) is 16.9. The van der Waals surface area contributed by atoms with Crippen molar-refractivity contribution in [3.8, 4) is 11.5 Å². The van der Waals surface area contributed by atoms with E-state index in [2.05, 4.69) is 5.32 Å². The minimum Gasteiger partial charge on any atom is -0.493 e. The number of ether oxygens (including phenoxy) is 2. The fourth-order valence-electron chi connectivity index (χ4n) is 3.94. The van der Waals surface area contributed by atoms with Gasteiger partial charge in [0.05, 0.1) is 14.2 Å². The van der Waals surface area contributed by atoms with Crippen molar-refractivity contribution in [1.82, 2.24) is 9.80 Å². The largest absolute Gasteiger partial charge is 0.493 e. The van der Waals surface area contributed by atoms with Crippen molar-refractivity contribution in [3.63, 3.8) is 0 Å². The smallest absolute Gasteiger partial charge is 0.322 e. The van der Waals surface area contributed by atoms with Crippen LogP contribution in [0.5, 0.6) is 11.5 Å². The highest BCUT2D eigenvalue weighted by Crippen LogP contribution is 2.33. The normalized spacial score (nSPS) is 15.5. The summed E-state index contributed by atoms with van der Waals surface area (Å²) in [6, 6.07) is 9.27. The summed E-state index contributed by atoms with van der Waals surface area (Å²) >= 11 is 0. The van der Waals surface area contributed by atoms with Gasteiger partial charge in [0.25, 0.3) is 5.91 Å². The number of urea groups is 1. The van der Waals surface area contributed by atoms with Crippen LogP contribution in [-0.4, -0.2) is 56.1 Å². The Bertz CT molecular complexity index is 973. The Labute approximate surface area is 170 Å². The number of anilines is 1. The van der Waals surface area contributed by atoms with E-state index in [4.69, 9.17) is 9.47 Å². The highest BCUT2D eigenvalue weighted by molar-refractivity contribution is 5.98. The van der Waals surface area contributed by atoms with E-state index in [-0.39, 0.29) is 11.9 Å². The zero-order chi connectivity index (χ0) is 20.5. The molecule has 0 unspecified atom stereocenters. The van der Waals surface area contributed by atoms with E-state index in [0.717, 1.165) is 24.0 Å². The van der Waals surface area contributed by atoms with Crippen molar-refractivity contribution < 1.29 is 19.1 Å². The number of nitrogens with zero attached hydrogens (tertiary/aromatic N) is 2. The van der Waals surface area contributed by atoms with Crippen LogP contribution in [0.1, 0.15) is 27.0 Å². The van der Waals surface area contributed by atoms with Gasteiger partial charge in [-0.1, -0.05) is 0 Å². The first kappa shape index (κ1) is 19.1. The van der Waals surface area contributed by atoms with Crippen molar-refractivity contribution in [3.05, 3.63) is 52.6 Å². The molecular weight excluding hydrogens is 370 g/mol. The molecule has 2 heterocycles. The van der Waals surface area contributed by atoms with Crippen molar-refractivity contribution in [1.29, 1.82) is 0 Å². The van der Waals surface area contributed by atoms with Crippen LogP contribution >= 0.6 is 0 Å². The minimum absolute atomic E-state index is 0.0288. The van der Waals surface area contributed by atoms with E-state index >= 15 is 0 Å². The Hall–Kier alpha value is -3.22. The molecular formula is C22H25N3O4. The Kier molecular flexibility index (Phi) is 5.05.